The van der Waals surface area contributed by atoms with Crippen LogP contribution in [0.5, 0.6) is 5.75 Å². The van der Waals surface area contributed by atoms with Gasteiger partial charge >= 0.3 is 0 Å². The van der Waals surface area contributed by atoms with Crippen LogP contribution in [0.15, 0.2) is 24.5 Å². The number of rotatable bonds is 5. The van der Waals surface area contributed by atoms with Gasteiger partial charge < -0.3 is 10.4 Å². The zero-order valence-corrected chi connectivity index (χ0v) is 10.1. The first kappa shape index (κ1) is 13.0. The maximum Gasteiger partial charge on any atom is 0.255 e. The Balaban J connectivity index is 1.82. The number of hydrogen-bond donors (Lipinski definition) is 3. The van der Waals surface area contributed by atoms with Crippen LogP contribution in [0.25, 0.3) is 0 Å². The fourth-order valence-electron chi connectivity index (χ4n) is 1.59. The van der Waals surface area contributed by atoms with Crippen LogP contribution in [-0.2, 0) is 6.42 Å². The largest absolute Gasteiger partial charge is 0.507 e. The number of H-pyrrole nitrogens is 1. The van der Waals surface area contributed by atoms with Crippen molar-refractivity contribution in [3.8, 4) is 5.75 Å². The number of aryl methyl sites for hydroxylation is 1. The number of aromatic nitrogens is 3. The summed E-state index contributed by atoms with van der Waals surface area (Å²) in [5.41, 5.74) is -0.0698. The molecule has 0 fully saturated rings. The molecule has 0 aliphatic rings. The maximum absolute atomic E-state index is 13.0. The van der Waals surface area contributed by atoms with E-state index in [2.05, 4.69) is 20.5 Å². The second kappa shape index (κ2) is 5.94. The molecular weight excluding hydrogens is 251 g/mol. The van der Waals surface area contributed by atoms with E-state index in [9.17, 15) is 14.3 Å². The standard InChI is InChI=1S/C12H13FN4O2/c13-8-3-4-10(18)9(6-8)12(19)14-5-1-2-11-15-7-16-17-11/h3-4,6-7,18H,1-2,5H2,(H,14,19)(H,15,16,17). The van der Waals surface area contributed by atoms with Gasteiger partial charge in [-0.3, -0.25) is 9.89 Å². The number of phenols is 1. The monoisotopic (exact) mass is 264 g/mol. The SMILES string of the molecule is O=C(NCCCc1ncn[nH]1)c1cc(F)ccc1O. The molecule has 1 aromatic carbocycles. The zero-order chi connectivity index (χ0) is 13.7. The van der Waals surface area contributed by atoms with E-state index in [1.165, 1.54) is 6.33 Å². The summed E-state index contributed by atoms with van der Waals surface area (Å²) in [6.07, 6.45) is 2.73. The summed E-state index contributed by atoms with van der Waals surface area (Å²) in [6.45, 7) is 0.398. The van der Waals surface area contributed by atoms with Gasteiger partial charge in [-0.15, -0.1) is 0 Å². The van der Waals surface area contributed by atoms with E-state index in [0.29, 0.717) is 19.4 Å². The Morgan fingerprint density at radius 1 is 1.47 bits per heavy atom. The molecule has 0 aliphatic heterocycles. The molecule has 19 heavy (non-hydrogen) atoms. The highest BCUT2D eigenvalue weighted by atomic mass is 19.1. The average Bonchev–Trinajstić information content (AvgIpc) is 2.90. The lowest BCUT2D eigenvalue weighted by molar-refractivity contribution is 0.0950. The minimum absolute atomic E-state index is 0.0698. The smallest absolute Gasteiger partial charge is 0.255 e. The Labute approximate surface area is 108 Å². The predicted molar refractivity (Wildman–Crippen MR) is 65.1 cm³/mol. The summed E-state index contributed by atoms with van der Waals surface area (Å²) in [5, 5.41) is 18.5. The fraction of sp³-hybridized carbons (Fsp3) is 0.250. The van der Waals surface area contributed by atoms with Crippen molar-refractivity contribution in [1.29, 1.82) is 0 Å². The van der Waals surface area contributed by atoms with E-state index >= 15 is 0 Å². The molecule has 6 nitrogen and oxygen atoms in total. The van der Waals surface area contributed by atoms with Crippen LogP contribution in [0.4, 0.5) is 4.39 Å². The molecule has 2 rings (SSSR count). The summed E-state index contributed by atoms with van der Waals surface area (Å²) >= 11 is 0. The Morgan fingerprint density at radius 3 is 3.05 bits per heavy atom. The fourth-order valence-corrected chi connectivity index (χ4v) is 1.59. The number of aromatic amines is 1. The quantitative estimate of drug-likeness (QED) is 0.703. The molecule has 7 heteroatoms. The van der Waals surface area contributed by atoms with Gasteiger partial charge in [-0.05, 0) is 24.6 Å². The van der Waals surface area contributed by atoms with Crippen molar-refractivity contribution in [1.82, 2.24) is 20.5 Å². The van der Waals surface area contributed by atoms with Crippen LogP contribution in [0.2, 0.25) is 0 Å². The van der Waals surface area contributed by atoms with E-state index in [0.717, 1.165) is 24.0 Å². The number of nitrogens with zero attached hydrogens (tertiary/aromatic N) is 2. The van der Waals surface area contributed by atoms with Crippen molar-refractivity contribution in [2.45, 2.75) is 12.8 Å². The second-order valence-corrected chi connectivity index (χ2v) is 3.95. The predicted octanol–water partition coefficient (Wildman–Crippen LogP) is 1.01. The van der Waals surface area contributed by atoms with Crippen LogP contribution in [0.3, 0.4) is 0 Å². The van der Waals surface area contributed by atoms with Crippen LogP contribution in [0, 0.1) is 5.82 Å². The van der Waals surface area contributed by atoms with E-state index in [1.54, 1.807) is 0 Å². The van der Waals surface area contributed by atoms with Crippen molar-refractivity contribution in [2.75, 3.05) is 6.54 Å². The lowest BCUT2D eigenvalue weighted by Gasteiger charge is -2.06. The molecule has 0 unspecified atom stereocenters. The third kappa shape index (κ3) is 3.51. The van der Waals surface area contributed by atoms with E-state index in [1.807, 2.05) is 0 Å². The van der Waals surface area contributed by atoms with Crippen LogP contribution < -0.4 is 5.32 Å². The number of phenolic OH excluding ortho intramolecular Hbond substituents is 1. The Kier molecular flexibility index (Phi) is 4.07. The first-order valence-corrected chi connectivity index (χ1v) is 5.78. The topological polar surface area (TPSA) is 90.9 Å². The molecule has 0 spiro atoms. The lowest BCUT2D eigenvalue weighted by atomic mass is 10.2. The van der Waals surface area contributed by atoms with Gasteiger partial charge in [0.15, 0.2) is 0 Å². The van der Waals surface area contributed by atoms with Gasteiger partial charge in [0.25, 0.3) is 5.91 Å². The third-order valence-electron chi connectivity index (χ3n) is 2.54. The van der Waals surface area contributed by atoms with E-state index in [4.69, 9.17) is 0 Å². The van der Waals surface area contributed by atoms with Crippen molar-refractivity contribution < 1.29 is 14.3 Å². The van der Waals surface area contributed by atoms with Crippen LogP contribution in [-0.4, -0.2) is 32.7 Å². The summed E-state index contributed by atoms with van der Waals surface area (Å²) in [7, 11) is 0. The minimum atomic E-state index is -0.565. The maximum atomic E-state index is 13.0. The third-order valence-corrected chi connectivity index (χ3v) is 2.54. The van der Waals surface area contributed by atoms with Gasteiger partial charge in [-0.2, -0.15) is 5.10 Å². The Hall–Kier alpha value is -2.44. The average molecular weight is 264 g/mol. The van der Waals surface area contributed by atoms with Crippen molar-refractivity contribution in [3.05, 3.63) is 41.7 Å². The van der Waals surface area contributed by atoms with E-state index in [-0.39, 0.29) is 11.3 Å². The van der Waals surface area contributed by atoms with Crippen molar-refractivity contribution >= 4 is 5.91 Å². The van der Waals surface area contributed by atoms with Gasteiger partial charge in [0.2, 0.25) is 0 Å². The Morgan fingerprint density at radius 2 is 2.32 bits per heavy atom. The van der Waals surface area contributed by atoms with E-state index < -0.39 is 11.7 Å². The number of amides is 1. The van der Waals surface area contributed by atoms with Gasteiger partial charge in [0.05, 0.1) is 5.56 Å². The molecule has 3 N–H and O–H groups in total. The molecular formula is C12H13FN4O2. The molecule has 1 amide bonds. The lowest BCUT2D eigenvalue weighted by Crippen LogP contribution is -2.25. The molecule has 0 saturated heterocycles. The van der Waals surface area contributed by atoms with Crippen LogP contribution >= 0.6 is 0 Å². The number of aromatic hydroxyl groups is 1. The van der Waals surface area contributed by atoms with Gasteiger partial charge in [-0.25, -0.2) is 9.37 Å². The molecule has 1 heterocycles. The van der Waals surface area contributed by atoms with Gasteiger partial charge in [0, 0.05) is 13.0 Å². The molecule has 0 saturated carbocycles. The molecule has 0 atom stereocenters. The first-order valence-electron chi connectivity index (χ1n) is 5.78. The normalized spacial score (nSPS) is 10.4. The Bertz CT molecular complexity index is 557. The highest BCUT2D eigenvalue weighted by Gasteiger charge is 2.11. The van der Waals surface area contributed by atoms with Crippen LogP contribution in [0.1, 0.15) is 22.6 Å². The number of nitrogens with one attached hydrogen (secondary N) is 2. The van der Waals surface area contributed by atoms with Crippen molar-refractivity contribution in [2.24, 2.45) is 0 Å². The number of carbonyl (C=O) groups excluding carboxylic acids is 1. The van der Waals surface area contributed by atoms with Crippen molar-refractivity contribution in [3.63, 3.8) is 0 Å². The summed E-state index contributed by atoms with van der Waals surface area (Å²) in [6, 6.07) is 3.25. The summed E-state index contributed by atoms with van der Waals surface area (Å²) in [4.78, 5) is 15.7. The number of halogens is 1. The zero-order valence-electron chi connectivity index (χ0n) is 10.1. The number of hydrogen-bond acceptors (Lipinski definition) is 4. The van der Waals surface area contributed by atoms with Gasteiger partial charge in [0.1, 0.15) is 23.7 Å². The molecule has 2 aromatic rings. The first-order chi connectivity index (χ1) is 9.16. The number of carbonyl (C=O) groups is 1. The summed E-state index contributed by atoms with van der Waals surface area (Å²) < 4.78 is 13.0. The molecule has 0 radical (unpaired) electrons. The minimum Gasteiger partial charge on any atom is -0.507 e. The molecule has 0 bridgehead atoms. The number of benzene rings is 1. The molecule has 1 aromatic heterocycles. The highest BCUT2D eigenvalue weighted by molar-refractivity contribution is 5.96. The summed E-state index contributed by atoms with van der Waals surface area (Å²) in [5.74, 6) is -0.573. The molecule has 100 valence electrons. The second-order valence-electron chi connectivity index (χ2n) is 3.95. The molecule has 0 aliphatic carbocycles. The van der Waals surface area contributed by atoms with Gasteiger partial charge in [-0.1, -0.05) is 0 Å². The highest BCUT2D eigenvalue weighted by Crippen LogP contribution is 2.17.